The van der Waals surface area contributed by atoms with Gasteiger partial charge in [0, 0.05) is 12.6 Å². The number of hydrogen-bond donors (Lipinski definition) is 1. The molecule has 4 nitrogen and oxygen atoms in total. The number of methoxy groups -OCH3 is 3. The smallest absolute Gasteiger partial charge is 0.203 e. The highest BCUT2D eigenvalue weighted by atomic mass is 16.5. The van der Waals surface area contributed by atoms with Crippen LogP contribution in [0.2, 0.25) is 0 Å². The highest BCUT2D eigenvalue weighted by Gasteiger charge is 2.47. The van der Waals surface area contributed by atoms with Crippen molar-refractivity contribution in [3.63, 3.8) is 0 Å². The summed E-state index contributed by atoms with van der Waals surface area (Å²) >= 11 is 0. The third kappa shape index (κ3) is 2.75. The van der Waals surface area contributed by atoms with Gasteiger partial charge in [0.05, 0.1) is 21.3 Å². The van der Waals surface area contributed by atoms with Crippen LogP contribution in [0.25, 0.3) is 0 Å². The number of rotatable bonds is 6. The van der Waals surface area contributed by atoms with Gasteiger partial charge >= 0.3 is 0 Å². The van der Waals surface area contributed by atoms with Crippen molar-refractivity contribution in [1.29, 1.82) is 0 Å². The van der Waals surface area contributed by atoms with Crippen molar-refractivity contribution in [2.45, 2.75) is 44.7 Å². The Labute approximate surface area is 144 Å². The van der Waals surface area contributed by atoms with Crippen LogP contribution in [0.1, 0.15) is 37.7 Å². The molecule has 0 amide bonds. The summed E-state index contributed by atoms with van der Waals surface area (Å²) in [6.45, 7) is 0.865. The van der Waals surface area contributed by atoms with Gasteiger partial charge in [-0.15, -0.1) is 0 Å². The molecule has 0 aliphatic heterocycles. The first-order chi connectivity index (χ1) is 11.7. The Hall–Kier alpha value is -1.42. The van der Waals surface area contributed by atoms with Gasteiger partial charge in [0.2, 0.25) is 5.75 Å². The van der Waals surface area contributed by atoms with Gasteiger partial charge in [-0.3, -0.25) is 0 Å². The van der Waals surface area contributed by atoms with Crippen LogP contribution in [-0.4, -0.2) is 27.4 Å². The molecule has 0 atom stereocenters. The predicted octanol–water partition coefficient (Wildman–Crippen LogP) is 3.63. The Balaban J connectivity index is 1.48. The van der Waals surface area contributed by atoms with Crippen LogP contribution in [0.5, 0.6) is 17.2 Å². The molecule has 24 heavy (non-hydrogen) atoms. The molecule has 0 saturated heterocycles. The second kappa shape index (κ2) is 6.47. The maximum atomic E-state index is 5.47. The van der Waals surface area contributed by atoms with E-state index in [1.54, 1.807) is 21.3 Å². The molecule has 1 aromatic carbocycles. The monoisotopic (exact) mass is 331 g/mol. The SMILES string of the molecule is COc1cc(CNC2C3CC4CC(C3)CC2C4)cc(OC)c1OC. The lowest BCUT2D eigenvalue weighted by Gasteiger charge is -2.54. The molecule has 1 N–H and O–H groups in total. The highest BCUT2D eigenvalue weighted by Crippen LogP contribution is 2.53. The van der Waals surface area contributed by atoms with E-state index in [0.717, 1.165) is 41.7 Å². The van der Waals surface area contributed by atoms with E-state index in [1.165, 1.54) is 37.7 Å². The molecule has 4 saturated carbocycles. The van der Waals surface area contributed by atoms with Crippen LogP contribution in [0, 0.1) is 23.7 Å². The highest BCUT2D eigenvalue weighted by molar-refractivity contribution is 5.53. The van der Waals surface area contributed by atoms with Crippen LogP contribution in [0.4, 0.5) is 0 Å². The topological polar surface area (TPSA) is 39.7 Å². The maximum Gasteiger partial charge on any atom is 0.203 e. The maximum absolute atomic E-state index is 5.47. The zero-order valence-electron chi connectivity index (χ0n) is 15.0. The van der Waals surface area contributed by atoms with Crippen LogP contribution < -0.4 is 19.5 Å². The zero-order valence-corrected chi connectivity index (χ0v) is 15.0. The van der Waals surface area contributed by atoms with E-state index in [-0.39, 0.29) is 0 Å². The fourth-order valence-corrected chi connectivity index (χ4v) is 5.73. The number of nitrogens with one attached hydrogen (secondary N) is 1. The molecular weight excluding hydrogens is 302 g/mol. The fourth-order valence-electron chi connectivity index (χ4n) is 5.73. The van der Waals surface area contributed by atoms with Gasteiger partial charge in [0.1, 0.15) is 0 Å². The molecule has 4 bridgehead atoms. The lowest BCUT2D eigenvalue weighted by Crippen LogP contribution is -2.54. The zero-order chi connectivity index (χ0) is 16.7. The number of hydrogen-bond acceptors (Lipinski definition) is 4. The molecule has 0 aromatic heterocycles. The summed E-state index contributed by atoms with van der Waals surface area (Å²) in [6.07, 6.45) is 7.28. The summed E-state index contributed by atoms with van der Waals surface area (Å²) in [5.41, 5.74) is 1.19. The molecule has 0 unspecified atom stereocenters. The summed E-state index contributed by atoms with van der Waals surface area (Å²) in [6, 6.07) is 4.81. The number of ether oxygens (including phenoxy) is 3. The molecule has 1 aromatic rings. The van der Waals surface area contributed by atoms with Crippen LogP contribution in [0.15, 0.2) is 12.1 Å². The van der Waals surface area contributed by atoms with E-state index < -0.39 is 0 Å². The lowest BCUT2D eigenvalue weighted by atomic mass is 9.54. The van der Waals surface area contributed by atoms with E-state index in [1.807, 2.05) is 0 Å². The van der Waals surface area contributed by atoms with Crippen LogP contribution in [0.3, 0.4) is 0 Å². The van der Waals surface area contributed by atoms with E-state index in [4.69, 9.17) is 14.2 Å². The van der Waals surface area contributed by atoms with Crippen molar-refractivity contribution in [2.75, 3.05) is 21.3 Å². The van der Waals surface area contributed by atoms with E-state index in [9.17, 15) is 0 Å². The largest absolute Gasteiger partial charge is 0.493 e. The van der Waals surface area contributed by atoms with Crippen molar-refractivity contribution in [2.24, 2.45) is 23.7 Å². The minimum atomic E-state index is 0.665. The molecule has 4 aliphatic carbocycles. The standard InChI is InChI=1S/C20H29NO3/c1-22-17-9-14(10-18(23-2)20(17)24-3)11-21-19-15-5-12-4-13(7-15)8-16(19)6-12/h9-10,12-13,15-16,19,21H,4-8,11H2,1-3H3. The van der Waals surface area contributed by atoms with Gasteiger partial charge in [-0.05, 0) is 73.5 Å². The van der Waals surface area contributed by atoms with E-state index >= 15 is 0 Å². The van der Waals surface area contributed by atoms with Gasteiger partial charge in [-0.25, -0.2) is 0 Å². The molecular formula is C20H29NO3. The second-order valence-corrected chi connectivity index (χ2v) is 7.87. The van der Waals surface area contributed by atoms with Crippen molar-refractivity contribution >= 4 is 0 Å². The Morgan fingerprint density at radius 3 is 1.83 bits per heavy atom. The van der Waals surface area contributed by atoms with Crippen molar-refractivity contribution in [3.05, 3.63) is 17.7 Å². The molecule has 0 radical (unpaired) electrons. The van der Waals surface area contributed by atoms with Crippen molar-refractivity contribution < 1.29 is 14.2 Å². The molecule has 0 heterocycles. The third-order valence-corrected chi connectivity index (χ3v) is 6.49. The first-order valence-corrected chi connectivity index (χ1v) is 9.24. The summed E-state index contributed by atoms with van der Waals surface area (Å²) in [7, 11) is 4.99. The fraction of sp³-hybridized carbons (Fsp3) is 0.700. The normalized spacial score (nSPS) is 33.5. The Morgan fingerprint density at radius 1 is 0.833 bits per heavy atom. The average molecular weight is 331 g/mol. The van der Waals surface area contributed by atoms with Gasteiger partial charge in [0.15, 0.2) is 11.5 Å². The minimum Gasteiger partial charge on any atom is -0.493 e. The summed E-state index contributed by atoms with van der Waals surface area (Å²) in [5.74, 6) is 5.96. The summed E-state index contributed by atoms with van der Waals surface area (Å²) < 4.78 is 16.4. The quantitative estimate of drug-likeness (QED) is 0.864. The average Bonchev–Trinajstić information content (AvgIpc) is 2.59. The molecule has 4 heteroatoms. The molecule has 132 valence electrons. The van der Waals surface area contributed by atoms with E-state index in [2.05, 4.69) is 17.4 Å². The van der Waals surface area contributed by atoms with E-state index in [0.29, 0.717) is 11.8 Å². The third-order valence-electron chi connectivity index (χ3n) is 6.49. The summed E-state index contributed by atoms with van der Waals surface area (Å²) in [4.78, 5) is 0. The molecule has 4 fully saturated rings. The van der Waals surface area contributed by atoms with Crippen molar-refractivity contribution in [3.8, 4) is 17.2 Å². The van der Waals surface area contributed by atoms with Gasteiger partial charge in [-0.1, -0.05) is 0 Å². The molecule has 4 aliphatic rings. The van der Waals surface area contributed by atoms with Crippen LogP contribution in [-0.2, 0) is 6.54 Å². The van der Waals surface area contributed by atoms with Gasteiger partial charge in [-0.2, -0.15) is 0 Å². The Bertz CT molecular complexity index is 548. The van der Waals surface area contributed by atoms with Crippen molar-refractivity contribution in [1.82, 2.24) is 5.32 Å². The second-order valence-electron chi connectivity index (χ2n) is 7.87. The lowest BCUT2D eigenvalue weighted by molar-refractivity contribution is -0.0142. The van der Waals surface area contributed by atoms with Gasteiger partial charge < -0.3 is 19.5 Å². The molecule has 5 rings (SSSR count). The molecule has 0 spiro atoms. The Kier molecular flexibility index (Phi) is 4.33. The first kappa shape index (κ1) is 16.1. The number of benzene rings is 1. The summed E-state index contributed by atoms with van der Waals surface area (Å²) in [5, 5.41) is 3.87. The minimum absolute atomic E-state index is 0.665. The van der Waals surface area contributed by atoms with Gasteiger partial charge in [0.25, 0.3) is 0 Å². The predicted molar refractivity (Wildman–Crippen MR) is 93.8 cm³/mol. The Morgan fingerprint density at radius 2 is 1.38 bits per heavy atom. The van der Waals surface area contributed by atoms with Crippen LogP contribution >= 0.6 is 0 Å². The first-order valence-electron chi connectivity index (χ1n) is 9.24.